The molecule has 1 aliphatic rings. The normalized spacial score (nSPS) is 20.5. The number of oxazole rings is 1. The van der Waals surface area contributed by atoms with Crippen molar-refractivity contribution in [1.29, 1.82) is 0 Å². The minimum atomic E-state index is -0.269. The summed E-state index contributed by atoms with van der Waals surface area (Å²) >= 11 is 0. The van der Waals surface area contributed by atoms with Crippen LogP contribution in [0.5, 0.6) is 0 Å². The van der Waals surface area contributed by atoms with E-state index in [1.54, 1.807) is 0 Å². The highest BCUT2D eigenvalue weighted by Crippen LogP contribution is 2.40. The highest BCUT2D eigenvalue weighted by Gasteiger charge is 2.39. The summed E-state index contributed by atoms with van der Waals surface area (Å²) in [7, 11) is 0. The molecule has 1 heterocycles. The SMILES string of the molecule is Cc1nc(NC(=O)N[C@H]2C[C@@H]2c2ccccc2)oc1C. The number of anilines is 1. The molecule has 2 amide bonds. The Kier molecular flexibility index (Phi) is 3.18. The van der Waals surface area contributed by atoms with E-state index >= 15 is 0 Å². The molecule has 2 aromatic rings. The number of urea groups is 1. The molecular weight excluding hydrogens is 254 g/mol. The smallest absolute Gasteiger partial charge is 0.323 e. The Morgan fingerprint density at radius 1 is 1.30 bits per heavy atom. The van der Waals surface area contributed by atoms with Crippen LogP contribution in [0.25, 0.3) is 0 Å². The molecule has 1 aromatic heterocycles. The molecule has 0 spiro atoms. The molecule has 5 nitrogen and oxygen atoms in total. The van der Waals surface area contributed by atoms with Gasteiger partial charge in [0.15, 0.2) is 0 Å². The maximum absolute atomic E-state index is 11.8. The number of amides is 2. The van der Waals surface area contributed by atoms with Crippen LogP contribution in [0.15, 0.2) is 34.7 Å². The van der Waals surface area contributed by atoms with Gasteiger partial charge >= 0.3 is 12.0 Å². The van der Waals surface area contributed by atoms with Crippen molar-refractivity contribution in [3.63, 3.8) is 0 Å². The topological polar surface area (TPSA) is 67.2 Å². The summed E-state index contributed by atoms with van der Waals surface area (Å²) in [4.78, 5) is 16.0. The molecule has 20 heavy (non-hydrogen) atoms. The second-order valence-corrected chi connectivity index (χ2v) is 5.12. The van der Waals surface area contributed by atoms with Gasteiger partial charge in [-0.05, 0) is 25.8 Å². The van der Waals surface area contributed by atoms with E-state index in [1.165, 1.54) is 5.56 Å². The summed E-state index contributed by atoms with van der Waals surface area (Å²) in [5.74, 6) is 1.13. The molecule has 0 bridgehead atoms. The molecule has 2 atom stereocenters. The summed E-state index contributed by atoms with van der Waals surface area (Å²) in [6, 6.07) is 10.4. The second-order valence-electron chi connectivity index (χ2n) is 5.12. The van der Waals surface area contributed by atoms with Crippen LogP contribution in [0.4, 0.5) is 10.8 Å². The van der Waals surface area contributed by atoms with Crippen molar-refractivity contribution in [2.24, 2.45) is 0 Å². The van der Waals surface area contributed by atoms with Crippen LogP contribution < -0.4 is 10.6 Å². The van der Waals surface area contributed by atoms with Gasteiger partial charge in [-0.2, -0.15) is 4.98 Å². The van der Waals surface area contributed by atoms with Crippen molar-refractivity contribution in [3.8, 4) is 0 Å². The second kappa shape index (κ2) is 5.00. The van der Waals surface area contributed by atoms with Gasteiger partial charge in [0.25, 0.3) is 0 Å². The first-order valence-electron chi connectivity index (χ1n) is 6.70. The lowest BCUT2D eigenvalue weighted by atomic mass is 10.1. The van der Waals surface area contributed by atoms with Crippen LogP contribution >= 0.6 is 0 Å². The maximum Gasteiger partial charge on any atom is 0.323 e. The fourth-order valence-electron chi connectivity index (χ4n) is 2.25. The third-order valence-corrected chi connectivity index (χ3v) is 3.58. The number of carbonyl (C=O) groups excluding carboxylic acids is 1. The lowest BCUT2D eigenvalue weighted by molar-refractivity contribution is 0.251. The summed E-state index contributed by atoms with van der Waals surface area (Å²) in [6.07, 6.45) is 0.973. The van der Waals surface area contributed by atoms with Crippen LogP contribution in [0, 0.1) is 13.8 Å². The molecule has 1 aliphatic carbocycles. The zero-order valence-electron chi connectivity index (χ0n) is 11.5. The number of nitrogens with one attached hydrogen (secondary N) is 2. The molecule has 3 rings (SSSR count). The Morgan fingerprint density at radius 2 is 2.05 bits per heavy atom. The monoisotopic (exact) mass is 271 g/mol. The average molecular weight is 271 g/mol. The number of hydrogen-bond acceptors (Lipinski definition) is 3. The quantitative estimate of drug-likeness (QED) is 0.901. The van der Waals surface area contributed by atoms with Crippen LogP contribution in [-0.4, -0.2) is 17.1 Å². The van der Waals surface area contributed by atoms with E-state index in [9.17, 15) is 4.79 Å². The van der Waals surface area contributed by atoms with E-state index in [4.69, 9.17) is 4.42 Å². The summed E-state index contributed by atoms with van der Waals surface area (Å²) in [5, 5.41) is 5.55. The van der Waals surface area contributed by atoms with Gasteiger partial charge in [0.1, 0.15) is 5.76 Å². The Labute approximate surface area is 117 Å². The van der Waals surface area contributed by atoms with Gasteiger partial charge in [0, 0.05) is 12.0 Å². The van der Waals surface area contributed by atoms with Crippen LogP contribution in [0.3, 0.4) is 0 Å². The van der Waals surface area contributed by atoms with Crippen molar-refractivity contribution in [2.75, 3.05) is 5.32 Å². The van der Waals surface area contributed by atoms with Crippen molar-refractivity contribution in [3.05, 3.63) is 47.3 Å². The van der Waals surface area contributed by atoms with E-state index in [0.717, 1.165) is 12.1 Å². The molecule has 1 fully saturated rings. The highest BCUT2D eigenvalue weighted by molar-refractivity contribution is 5.87. The van der Waals surface area contributed by atoms with Gasteiger partial charge in [0.05, 0.1) is 5.69 Å². The molecule has 2 N–H and O–H groups in total. The van der Waals surface area contributed by atoms with Gasteiger partial charge in [0.2, 0.25) is 0 Å². The Hall–Kier alpha value is -2.30. The van der Waals surface area contributed by atoms with Gasteiger partial charge in [-0.25, -0.2) is 4.79 Å². The van der Waals surface area contributed by atoms with Crippen molar-refractivity contribution >= 4 is 12.0 Å². The number of nitrogens with zero attached hydrogens (tertiary/aromatic N) is 1. The zero-order chi connectivity index (χ0) is 14.1. The predicted octanol–water partition coefficient (Wildman–Crippen LogP) is 2.97. The third-order valence-electron chi connectivity index (χ3n) is 3.58. The van der Waals surface area contributed by atoms with Crippen LogP contribution in [0.2, 0.25) is 0 Å². The number of hydrogen-bond donors (Lipinski definition) is 2. The number of aromatic nitrogens is 1. The van der Waals surface area contributed by atoms with E-state index < -0.39 is 0 Å². The fourth-order valence-corrected chi connectivity index (χ4v) is 2.25. The molecule has 104 valence electrons. The van der Waals surface area contributed by atoms with Gasteiger partial charge < -0.3 is 9.73 Å². The maximum atomic E-state index is 11.8. The molecule has 1 saturated carbocycles. The first-order chi connectivity index (χ1) is 9.63. The Bertz CT molecular complexity index is 602. The standard InChI is InChI=1S/C15H17N3O2/c1-9-10(2)20-15(16-9)18-14(19)17-13-8-12(13)11-6-4-3-5-7-11/h3-7,12-13H,8H2,1-2H3,(H2,16,17,18,19)/t12-,13+/m1/s1. The summed E-state index contributed by atoms with van der Waals surface area (Å²) in [5.41, 5.74) is 2.05. The lowest BCUT2D eigenvalue weighted by Crippen LogP contribution is -2.31. The summed E-state index contributed by atoms with van der Waals surface area (Å²) in [6.45, 7) is 3.66. The van der Waals surface area contributed by atoms with E-state index in [0.29, 0.717) is 11.7 Å². The Balaban J connectivity index is 1.54. The molecule has 0 radical (unpaired) electrons. The number of aryl methyl sites for hydroxylation is 2. The van der Waals surface area contributed by atoms with Crippen LogP contribution in [0.1, 0.15) is 29.4 Å². The zero-order valence-corrected chi connectivity index (χ0v) is 11.5. The predicted molar refractivity (Wildman–Crippen MR) is 75.7 cm³/mol. The van der Waals surface area contributed by atoms with E-state index in [-0.39, 0.29) is 18.1 Å². The molecule has 1 aromatic carbocycles. The number of rotatable bonds is 3. The van der Waals surface area contributed by atoms with Gasteiger partial charge in [-0.1, -0.05) is 30.3 Å². The van der Waals surface area contributed by atoms with Gasteiger partial charge in [-0.15, -0.1) is 0 Å². The third kappa shape index (κ3) is 2.66. The molecule has 0 saturated heterocycles. The van der Waals surface area contributed by atoms with Crippen molar-refractivity contribution < 1.29 is 9.21 Å². The van der Waals surface area contributed by atoms with Crippen molar-refractivity contribution in [2.45, 2.75) is 32.2 Å². The van der Waals surface area contributed by atoms with Gasteiger partial charge in [-0.3, -0.25) is 5.32 Å². The lowest BCUT2D eigenvalue weighted by Gasteiger charge is -2.04. The van der Waals surface area contributed by atoms with Crippen molar-refractivity contribution in [1.82, 2.24) is 10.3 Å². The van der Waals surface area contributed by atoms with E-state index in [1.807, 2.05) is 32.0 Å². The molecule has 0 aliphatic heterocycles. The minimum Gasteiger partial charge on any atom is -0.428 e. The number of benzene rings is 1. The first kappa shape index (κ1) is 12.7. The number of carbonyl (C=O) groups is 1. The molecular formula is C15H17N3O2. The highest BCUT2D eigenvalue weighted by atomic mass is 16.4. The minimum absolute atomic E-state index is 0.189. The largest absolute Gasteiger partial charge is 0.428 e. The fraction of sp³-hybridized carbons (Fsp3) is 0.333. The first-order valence-corrected chi connectivity index (χ1v) is 6.70. The average Bonchev–Trinajstić information content (AvgIpc) is 3.11. The summed E-state index contributed by atoms with van der Waals surface area (Å²) < 4.78 is 5.32. The molecule has 5 heteroatoms. The van der Waals surface area contributed by atoms with Crippen LogP contribution in [-0.2, 0) is 0 Å². The molecule has 0 unspecified atom stereocenters. The van der Waals surface area contributed by atoms with E-state index in [2.05, 4.69) is 27.8 Å². The Morgan fingerprint density at radius 3 is 2.70 bits per heavy atom.